The number of nitrogens with zero attached hydrogens (tertiary/aromatic N) is 2. The molecule has 3 aromatic rings. The first-order valence-corrected chi connectivity index (χ1v) is 10.8. The lowest BCUT2D eigenvalue weighted by Gasteiger charge is -2.31. The fourth-order valence-electron chi connectivity index (χ4n) is 3.32. The summed E-state index contributed by atoms with van der Waals surface area (Å²) in [5.41, 5.74) is 2.54. The van der Waals surface area contributed by atoms with E-state index in [2.05, 4.69) is 33.5 Å². The zero-order chi connectivity index (χ0) is 20.2. The molecule has 0 saturated carbocycles. The summed E-state index contributed by atoms with van der Waals surface area (Å²) >= 11 is 8.10. The number of anilines is 2. The number of morpholine rings is 1. The van der Waals surface area contributed by atoms with Crippen LogP contribution in [0.25, 0.3) is 10.2 Å². The molecule has 0 unspecified atom stereocenters. The second-order valence-electron chi connectivity index (χ2n) is 6.99. The number of thiazole rings is 1. The molecule has 2 N–H and O–H groups in total. The molecule has 2 amide bonds. The summed E-state index contributed by atoms with van der Waals surface area (Å²) in [4.78, 5) is 19.4. The zero-order valence-electron chi connectivity index (χ0n) is 16.2. The minimum absolute atomic E-state index is 0.122. The first-order valence-electron chi connectivity index (χ1n) is 9.63. The highest BCUT2D eigenvalue weighted by molar-refractivity contribution is 7.18. The Morgan fingerprint density at radius 1 is 1.24 bits per heavy atom. The molecule has 8 heteroatoms. The molecule has 1 saturated heterocycles. The van der Waals surface area contributed by atoms with E-state index in [1.165, 1.54) is 0 Å². The van der Waals surface area contributed by atoms with Crippen molar-refractivity contribution in [2.24, 2.45) is 0 Å². The van der Waals surface area contributed by atoms with Crippen molar-refractivity contribution in [3.05, 3.63) is 52.5 Å². The molecule has 152 valence electrons. The summed E-state index contributed by atoms with van der Waals surface area (Å²) in [5, 5.41) is 7.54. The summed E-state index contributed by atoms with van der Waals surface area (Å²) in [6.45, 7) is 5.35. The number of carbonyl (C=O) groups is 1. The molecule has 0 radical (unpaired) electrons. The number of para-hydroxylation sites is 2. The quantitative estimate of drug-likeness (QED) is 0.615. The summed E-state index contributed by atoms with van der Waals surface area (Å²) in [6, 6.07) is 13.4. The topological polar surface area (TPSA) is 66.5 Å². The van der Waals surface area contributed by atoms with Crippen LogP contribution in [0.1, 0.15) is 17.8 Å². The Morgan fingerprint density at radius 2 is 2.03 bits per heavy atom. The maximum atomic E-state index is 12.5. The molecule has 1 fully saturated rings. The van der Waals surface area contributed by atoms with Gasteiger partial charge in [-0.2, -0.15) is 0 Å². The van der Waals surface area contributed by atoms with E-state index in [-0.39, 0.29) is 11.9 Å². The van der Waals surface area contributed by atoms with Crippen LogP contribution in [0.3, 0.4) is 0 Å². The number of amides is 2. The molecular weight excluding hydrogens is 408 g/mol. The maximum absolute atomic E-state index is 12.5. The fraction of sp³-hybridized carbons (Fsp3) is 0.333. The highest BCUT2D eigenvalue weighted by Gasteiger charge is 2.19. The Labute approximate surface area is 178 Å². The lowest BCUT2D eigenvalue weighted by molar-refractivity contribution is 0.123. The fourth-order valence-corrected chi connectivity index (χ4v) is 4.64. The molecule has 0 spiro atoms. The highest BCUT2D eigenvalue weighted by atomic mass is 35.5. The van der Waals surface area contributed by atoms with Crippen LogP contribution in [0.5, 0.6) is 0 Å². The molecule has 29 heavy (non-hydrogen) atoms. The van der Waals surface area contributed by atoms with E-state index in [1.54, 1.807) is 11.3 Å². The van der Waals surface area contributed by atoms with Gasteiger partial charge in [-0.25, -0.2) is 9.78 Å². The van der Waals surface area contributed by atoms with Crippen LogP contribution in [0.2, 0.25) is 5.02 Å². The molecule has 1 aromatic heterocycles. The largest absolute Gasteiger partial charge is 0.378 e. The predicted octanol–water partition coefficient (Wildman–Crippen LogP) is 4.71. The van der Waals surface area contributed by atoms with Gasteiger partial charge in [-0.3, -0.25) is 0 Å². The number of hydrogen-bond acceptors (Lipinski definition) is 5. The van der Waals surface area contributed by atoms with Crippen LogP contribution in [0, 0.1) is 0 Å². The normalized spacial score (nSPS) is 15.3. The second kappa shape index (κ2) is 8.98. The predicted molar refractivity (Wildman–Crippen MR) is 120 cm³/mol. The third-order valence-electron chi connectivity index (χ3n) is 4.86. The maximum Gasteiger partial charge on any atom is 0.319 e. The number of halogens is 1. The number of hydrogen-bond donors (Lipinski definition) is 2. The summed E-state index contributed by atoms with van der Waals surface area (Å²) in [6.07, 6.45) is 0. The number of carbonyl (C=O) groups excluding carboxylic acids is 1. The Morgan fingerprint density at radius 3 is 2.83 bits per heavy atom. The Hall–Kier alpha value is -2.35. The van der Waals surface area contributed by atoms with Gasteiger partial charge >= 0.3 is 6.03 Å². The smallest absolute Gasteiger partial charge is 0.319 e. The molecule has 4 rings (SSSR count). The molecule has 2 heterocycles. The van der Waals surface area contributed by atoms with Gasteiger partial charge in [-0.1, -0.05) is 36.7 Å². The van der Waals surface area contributed by atoms with Crippen LogP contribution in [-0.4, -0.2) is 43.9 Å². The van der Waals surface area contributed by atoms with E-state index >= 15 is 0 Å². The van der Waals surface area contributed by atoms with Gasteiger partial charge in [-0.05, 0) is 24.3 Å². The minimum atomic E-state index is -0.255. The van der Waals surface area contributed by atoms with Gasteiger partial charge < -0.3 is 20.3 Å². The Kier molecular flexibility index (Phi) is 6.18. The summed E-state index contributed by atoms with van der Waals surface area (Å²) in [5.74, 6) is 0.122. The van der Waals surface area contributed by atoms with Crippen LogP contribution in [0.15, 0.2) is 42.5 Å². The lowest BCUT2D eigenvalue weighted by Crippen LogP contribution is -2.37. The summed E-state index contributed by atoms with van der Waals surface area (Å²) < 4.78 is 6.58. The van der Waals surface area contributed by atoms with Crippen molar-refractivity contribution < 1.29 is 9.53 Å². The molecule has 6 nitrogen and oxygen atoms in total. The van der Waals surface area contributed by atoms with E-state index in [4.69, 9.17) is 16.3 Å². The van der Waals surface area contributed by atoms with Gasteiger partial charge in [0.25, 0.3) is 0 Å². The minimum Gasteiger partial charge on any atom is -0.378 e. The van der Waals surface area contributed by atoms with Gasteiger partial charge in [0, 0.05) is 25.6 Å². The van der Waals surface area contributed by atoms with Gasteiger partial charge in [0.05, 0.1) is 44.8 Å². The lowest BCUT2D eigenvalue weighted by atomic mass is 10.2. The van der Waals surface area contributed by atoms with E-state index in [1.807, 2.05) is 36.4 Å². The van der Waals surface area contributed by atoms with Crippen LogP contribution in [0.4, 0.5) is 16.2 Å². The van der Waals surface area contributed by atoms with Crippen molar-refractivity contribution in [3.8, 4) is 0 Å². The van der Waals surface area contributed by atoms with E-state index in [0.717, 1.165) is 34.0 Å². The van der Waals surface area contributed by atoms with Crippen molar-refractivity contribution in [1.29, 1.82) is 0 Å². The highest BCUT2D eigenvalue weighted by Crippen LogP contribution is 2.34. The van der Waals surface area contributed by atoms with Crippen molar-refractivity contribution in [2.45, 2.75) is 12.8 Å². The van der Waals surface area contributed by atoms with Crippen molar-refractivity contribution in [3.63, 3.8) is 0 Å². The van der Waals surface area contributed by atoms with E-state index < -0.39 is 0 Å². The molecule has 1 atom stereocenters. The van der Waals surface area contributed by atoms with Crippen LogP contribution >= 0.6 is 22.9 Å². The van der Waals surface area contributed by atoms with Crippen molar-refractivity contribution in [2.75, 3.05) is 43.1 Å². The third-order valence-corrected chi connectivity index (χ3v) is 6.44. The first-order chi connectivity index (χ1) is 14.1. The number of fused-ring (bicyclic) bond motifs is 1. The number of benzene rings is 2. The number of nitrogens with one attached hydrogen (secondary N) is 2. The average Bonchev–Trinajstić information content (AvgIpc) is 3.17. The molecule has 0 bridgehead atoms. The first kappa shape index (κ1) is 19.9. The third kappa shape index (κ3) is 4.63. The van der Waals surface area contributed by atoms with E-state index in [0.29, 0.717) is 30.5 Å². The Balaban J connectivity index is 1.40. The average molecular weight is 431 g/mol. The number of aromatic nitrogens is 1. The Bertz CT molecular complexity index is 970. The van der Waals surface area contributed by atoms with Crippen LogP contribution in [-0.2, 0) is 4.74 Å². The monoisotopic (exact) mass is 430 g/mol. The van der Waals surface area contributed by atoms with E-state index in [9.17, 15) is 4.79 Å². The molecule has 1 aliphatic rings. The van der Waals surface area contributed by atoms with Gasteiger partial charge in [0.2, 0.25) is 0 Å². The van der Waals surface area contributed by atoms with Gasteiger partial charge in [-0.15, -0.1) is 11.3 Å². The molecule has 1 aliphatic heterocycles. The zero-order valence-corrected chi connectivity index (χ0v) is 17.7. The number of ether oxygens (including phenoxy) is 1. The van der Waals surface area contributed by atoms with Gasteiger partial charge in [0.15, 0.2) is 0 Å². The van der Waals surface area contributed by atoms with Gasteiger partial charge in [0.1, 0.15) is 0 Å². The molecule has 2 aromatic carbocycles. The van der Waals surface area contributed by atoms with Crippen molar-refractivity contribution in [1.82, 2.24) is 10.3 Å². The summed E-state index contributed by atoms with van der Waals surface area (Å²) in [7, 11) is 0. The standard InChI is InChI=1S/C21H23ClN4O2S/c1-14(20-24-16-6-2-3-8-18(16)29-20)13-23-21(27)25-17-7-4-5-15(22)19(17)26-9-11-28-12-10-26/h2-8,14H,9-13H2,1H3,(H2,23,25,27)/t14-/m1/s1. The van der Waals surface area contributed by atoms with Crippen LogP contribution < -0.4 is 15.5 Å². The SMILES string of the molecule is C[C@H](CNC(=O)Nc1cccc(Cl)c1N1CCOCC1)c1nc2ccccc2s1. The second-order valence-corrected chi connectivity index (χ2v) is 8.46. The number of rotatable bonds is 5. The molecule has 0 aliphatic carbocycles. The van der Waals surface area contributed by atoms with Crippen molar-refractivity contribution >= 4 is 50.6 Å². The number of urea groups is 1. The molecular formula is C21H23ClN4O2S.